The number of sulfonamides is 1. The van der Waals surface area contributed by atoms with Gasteiger partial charge in [-0.1, -0.05) is 48.9 Å². The van der Waals surface area contributed by atoms with Gasteiger partial charge >= 0.3 is 0 Å². The van der Waals surface area contributed by atoms with Crippen molar-refractivity contribution in [2.24, 2.45) is 0 Å². The first-order valence-corrected chi connectivity index (χ1v) is 13.0. The number of carbonyl (C=O) groups excluding carboxylic acids is 2. The molecule has 2 aromatic rings. The van der Waals surface area contributed by atoms with Crippen molar-refractivity contribution < 1.29 is 18.0 Å². The maximum atomic E-state index is 13.2. The van der Waals surface area contributed by atoms with E-state index in [0.717, 1.165) is 16.7 Å². The molecule has 33 heavy (non-hydrogen) atoms. The van der Waals surface area contributed by atoms with E-state index in [-0.39, 0.29) is 24.8 Å². The number of aryl methyl sites for hydroxylation is 2. The molecule has 1 N–H and O–H groups in total. The lowest BCUT2D eigenvalue weighted by molar-refractivity contribution is -0.141. The Morgan fingerprint density at radius 1 is 1.03 bits per heavy atom. The number of amides is 2. The zero-order valence-electron chi connectivity index (χ0n) is 20.2. The second-order valence-electron chi connectivity index (χ2n) is 8.32. The lowest BCUT2D eigenvalue weighted by atomic mass is 10.1. The first kappa shape index (κ1) is 26.4. The summed E-state index contributed by atoms with van der Waals surface area (Å²) in [5.41, 5.74) is 3.59. The van der Waals surface area contributed by atoms with Crippen molar-refractivity contribution in [1.82, 2.24) is 10.2 Å². The van der Waals surface area contributed by atoms with Crippen LogP contribution in [-0.2, 0) is 26.2 Å². The van der Waals surface area contributed by atoms with E-state index in [1.165, 1.54) is 10.6 Å². The zero-order valence-corrected chi connectivity index (χ0v) is 21.0. The molecule has 0 bridgehead atoms. The Hall–Kier alpha value is -2.87. The van der Waals surface area contributed by atoms with Crippen molar-refractivity contribution >= 4 is 27.5 Å². The Balaban J connectivity index is 2.18. The number of nitrogens with one attached hydrogen (secondary N) is 1. The minimum atomic E-state index is -3.50. The second kappa shape index (κ2) is 11.8. The van der Waals surface area contributed by atoms with Crippen molar-refractivity contribution in [3.63, 3.8) is 0 Å². The smallest absolute Gasteiger partial charge is 0.242 e. The summed E-state index contributed by atoms with van der Waals surface area (Å²) in [4.78, 5) is 27.3. The summed E-state index contributed by atoms with van der Waals surface area (Å²) in [7, 11) is -1.94. The molecule has 0 spiro atoms. The maximum absolute atomic E-state index is 13.2. The highest BCUT2D eigenvalue weighted by Gasteiger charge is 2.28. The van der Waals surface area contributed by atoms with Crippen LogP contribution in [-0.4, -0.2) is 51.0 Å². The topological polar surface area (TPSA) is 86.8 Å². The summed E-state index contributed by atoms with van der Waals surface area (Å²) >= 11 is 0. The molecule has 2 rings (SSSR count). The monoisotopic (exact) mass is 473 g/mol. The summed E-state index contributed by atoms with van der Waals surface area (Å²) in [5, 5.41) is 2.65. The second-order valence-corrected chi connectivity index (χ2v) is 10.2. The normalized spacial score (nSPS) is 12.2. The van der Waals surface area contributed by atoms with Gasteiger partial charge in [-0.3, -0.25) is 13.9 Å². The van der Waals surface area contributed by atoms with E-state index < -0.39 is 16.1 Å². The summed E-state index contributed by atoms with van der Waals surface area (Å²) < 4.78 is 26.1. The fourth-order valence-corrected chi connectivity index (χ4v) is 4.72. The highest BCUT2D eigenvalue weighted by atomic mass is 32.2. The van der Waals surface area contributed by atoms with Crippen LogP contribution in [0.2, 0.25) is 0 Å². The maximum Gasteiger partial charge on any atom is 0.242 e. The quantitative estimate of drug-likeness (QED) is 0.542. The number of benzene rings is 2. The Kier molecular flexibility index (Phi) is 9.46. The summed E-state index contributed by atoms with van der Waals surface area (Å²) in [6, 6.07) is 14.5. The molecule has 0 saturated carbocycles. The van der Waals surface area contributed by atoms with Crippen LogP contribution in [0.4, 0.5) is 5.69 Å². The molecule has 0 unspecified atom stereocenters. The molecule has 0 aliphatic rings. The van der Waals surface area contributed by atoms with Crippen molar-refractivity contribution in [3.8, 4) is 0 Å². The van der Waals surface area contributed by atoms with Gasteiger partial charge < -0.3 is 10.2 Å². The van der Waals surface area contributed by atoms with E-state index >= 15 is 0 Å². The van der Waals surface area contributed by atoms with Gasteiger partial charge in [0, 0.05) is 26.6 Å². The number of hydrogen-bond acceptors (Lipinski definition) is 4. The summed E-state index contributed by atoms with van der Waals surface area (Å²) in [5.74, 6) is -0.390. The van der Waals surface area contributed by atoms with Gasteiger partial charge in [0.1, 0.15) is 6.04 Å². The molecule has 180 valence electrons. The van der Waals surface area contributed by atoms with Crippen molar-refractivity contribution in [2.45, 2.75) is 52.6 Å². The van der Waals surface area contributed by atoms with Gasteiger partial charge in [-0.2, -0.15) is 0 Å². The summed E-state index contributed by atoms with van der Waals surface area (Å²) in [6.45, 7) is 6.27. The molecule has 0 aliphatic carbocycles. The van der Waals surface area contributed by atoms with Gasteiger partial charge in [0.15, 0.2) is 0 Å². The largest absolute Gasteiger partial charge is 0.357 e. The average molecular weight is 474 g/mol. The number of hydrogen-bond donors (Lipinski definition) is 1. The van der Waals surface area contributed by atoms with E-state index in [1.807, 2.05) is 63.2 Å². The minimum absolute atomic E-state index is 0.136. The highest BCUT2D eigenvalue weighted by Crippen LogP contribution is 2.20. The molecular formula is C25H35N3O4S. The predicted molar refractivity (Wildman–Crippen MR) is 132 cm³/mol. The number of carbonyl (C=O) groups is 2. The van der Waals surface area contributed by atoms with Crippen molar-refractivity contribution in [3.05, 3.63) is 65.2 Å². The predicted octanol–water partition coefficient (Wildman–Crippen LogP) is 3.40. The number of rotatable bonds is 11. The first-order chi connectivity index (χ1) is 15.6. The first-order valence-electron chi connectivity index (χ1n) is 11.2. The van der Waals surface area contributed by atoms with E-state index in [0.29, 0.717) is 25.1 Å². The third-order valence-electron chi connectivity index (χ3n) is 5.55. The molecule has 8 heteroatoms. The lowest BCUT2D eigenvalue weighted by Crippen LogP contribution is -2.48. The van der Waals surface area contributed by atoms with Crippen LogP contribution < -0.4 is 9.62 Å². The van der Waals surface area contributed by atoms with Crippen LogP contribution in [0.1, 0.15) is 42.9 Å². The molecule has 1 atom stereocenters. The van der Waals surface area contributed by atoms with E-state index in [1.54, 1.807) is 18.0 Å². The molecular weight excluding hydrogens is 438 g/mol. The number of likely N-dealkylation sites (N-methyl/N-ethyl adjacent to an activating group) is 1. The summed E-state index contributed by atoms with van der Waals surface area (Å²) in [6.07, 6.45) is 2.13. The van der Waals surface area contributed by atoms with Gasteiger partial charge in [-0.25, -0.2) is 8.42 Å². The third kappa shape index (κ3) is 7.60. The Morgan fingerprint density at radius 3 is 2.24 bits per heavy atom. The van der Waals surface area contributed by atoms with Crippen LogP contribution in [0.3, 0.4) is 0 Å². The molecule has 0 aliphatic heterocycles. The third-order valence-corrected chi connectivity index (χ3v) is 6.74. The van der Waals surface area contributed by atoms with Crippen LogP contribution in [0, 0.1) is 13.8 Å². The SMILES string of the molecule is CC[C@H](C(=O)NC)N(Cc1ccc(C)cc1)C(=O)CCCN(c1cccc(C)c1)S(C)(=O)=O. The number of nitrogens with zero attached hydrogens (tertiary/aromatic N) is 2. The minimum Gasteiger partial charge on any atom is -0.357 e. The molecule has 2 aromatic carbocycles. The van der Waals surface area contributed by atoms with Crippen LogP contribution >= 0.6 is 0 Å². The van der Waals surface area contributed by atoms with E-state index in [4.69, 9.17) is 0 Å². The van der Waals surface area contributed by atoms with Crippen molar-refractivity contribution in [1.29, 1.82) is 0 Å². The van der Waals surface area contributed by atoms with Gasteiger partial charge in [-0.15, -0.1) is 0 Å². The van der Waals surface area contributed by atoms with E-state index in [2.05, 4.69) is 5.32 Å². The lowest BCUT2D eigenvalue weighted by Gasteiger charge is -2.31. The average Bonchev–Trinajstić information content (AvgIpc) is 2.76. The molecule has 0 saturated heterocycles. The highest BCUT2D eigenvalue weighted by molar-refractivity contribution is 7.92. The standard InChI is InChI=1S/C25H35N3O4S/c1-6-23(25(30)26-4)27(18-21-14-12-19(2)13-15-21)24(29)11-8-16-28(33(5,31)32)22-10-7-9-20(3)17-22/h7,9-10,12-15,17,23H,6,8,11,16,18H2,1-5H3,(H,26,30)/t23-/m1/s1. The van der Waals surface area contributed by atoms with Crippen LogP contribution in [0.5, 0.6) is 0 Å². The van der Waals surface area contributed by atoms with Crippen molar-refractivity contribution in [2.75, 3.05) is 24.2 Å². The number of anilines is 1. The molecule has 2 amide bonds. The zero-order chi connectivity index (χ0) is 24.6. The fraction of sp³-hybridized carbons (Fsp3) is 0.440. The molecule has 0 heterocycles. The van der Waals surface area contributed by atoms with Gasteiger partial charge in [0.2, 0.25) is 21.8 Å². The molecule has 0 fully saturated rings. The Bertz CT molecular complexity index is 1050. The Labute approximate surface area is 197 Å². The van der Waals surface area contributed by atoms with Gasteiger partial charge in [0.25, 0.3) is 0 Å². The van der Waals surface area contributed by atoms with Gasteiger partial charge in [0.05, 0.1) is 11.9 Å². The molecule has 0 radical (unpaired) electrons. The van der Waals surface area contributed by atoms with Crippen LogP contribution in [0.15, 0.2) is 48.5 Å². The van der Waals surface area contributed by atoms with Gasteiger partial charge in [-0.05, 0) is 49.9 Å². The van der Waals surface area contributed by atoms with E-state index in [9.17, 15) is 18.0 Å². The Morgan fingerprint density at radius 2 is 1.70 bits per heavy atom. The fourth-order valence-electron chi connectivity index (χ4n) is 3.76. The molecule has 0 aromatic heterocycles. The van der Waals surface area contributed by atoms with Crippen LogP contribution in [0.25, 0.3) is 0 Å². The molecule has 7 nitrogen and oxygen atoms in total.